The predicted octanol–water partition coefficient (Wildman–Crippen LogP) is 5.55. The second-order valence-corrected chi connectivity index (χ2v) is 5.92. The van der Waals surface area contributed by atoms with E-state index in [0.29, 0.717) is 17.2 Å². The molecular weight excluding hydrogens is 369 g/mol. The third-order valence-corrected chi connectivity index (χ3v) is 3.76. The third-order valence-electron chi connectivity index (χ3n) is 3.76. The quantitative estimate of drug-likeness (QED) is 0.584. The predicted molar refractivity (Wildman–Crippen MR) is 102 cm³/mol. The maximum Gasteiger partial charge on any atom is 0.416 e. The minimum atomic E-state index is -4.43. The van der Waals surface area contributed by atoms with Crippen molar-refractivity contribution in [2.75, 3.05) is 17.2 Å². The molecule has 4 nitrogen and oxygen atoms in total. The van der Waals surface area contributed by atoms with Gasteiger partial charge in [-0.25, -0.2) is 0 Å². The Hall–Kier alpha value is -3.48. The van der Waals surface area contributed by atoms with Crippen molar-refractivity contribution < 1.29 is 22.7 Å². The first-order valence-electron chi connectivity index (χ1n) is 8.44. The summed E-state index contributed by atoms with van der Waals surface area (Å²) in [6, 6.07) is 20.7. The zero-order valence-electron chi connectivity index (χ0n) is 14.7. The molecular formula is C21H17F3N2O2. The van der Waals surface area contributed by atoms with E-state index in [1.54, 1.807) is 24.3 Å². The van der Waals surface area contributed by atoms with E-state index in [2.05, 4.69) is 10.6 Å². The molecule has 0 saturated heterocycles. The highest BCUT2D eigenvalue weighted by Crippen LogP contribution is 2.30. The topological polar surface area (TPSA) is 50.4 Å². The maximum atomic E-state index is 12.7. The first-order valence-corrected chi connectivity index (χ1v) is 8.44. The van der Waals surface area contributed by atoms with Crippen LogP contribution in [0.1, 0.15) is 5.56 Å². The van der Waals surface area contributed by atoms with Gasteiger partial charge >= 0.3 is 6.18 Å². The van der Waals surface area contributed by atoms with E-state index in [4.69, 9.17) is 4.74 Å². The van der Waals surface area contributed by atoms with Crippen molar-refractivity contribution in [2.45, 2.75) is 6.18 Å². The van der Waals surface area contributed by atoms with Crippen LogP contribution < -0.4 is 15.4 Å². The Morgan fingerprint density at radius 3 is 2.18 bits per heavy atom. The fourth-order valence-corrected chi connectivity index (χ4v) is 2.42. The van der Waals surface area contributed by atoms with E-state index in [0.717, 1.165) is 12.1 Å². The van der Waals surface area contributed by atoms with Gasteiger partial charge in [0, 0.05) is 11.4 Å². The molecule has 0 aliphatic carbocycles. The summed E-state index contributed by atoms with van der Waals surface area (Å²) in [5.41, 5.74) is -0.000231. The number of rotatable bonds is 6. The van der Waals surface area contributed by atoms with Crippen LogP contribution in [-0.2, 0) is 11.0 Å². The summed E-state index contributed by atoms with van der Waals surface area (Å²) in [6.45, 7) is -0.163. The normalized spacial score (nSPS) is 11.0. The Labute approximate surface area is 160 Å². The molecule has 0 atom stereocenters. The number of nitrogens with one attached hydrogen (secondary N) is 2. The van der Waals surface area contributed by atoms with Gasteiger partial charge in [-0.1, -0.05) is 24.3 Å². The standard InChI is InChI=1S/C21H17F3N2O2/c22-21(23,24)15-5-4-6-17(13-15)25-14-20(27)26-16-9-11-19(12-10-16)28-18-7-2-1-3-8-18/h1-13,25H,14H2,(H,26,27). The van der Waals surface area contributed by atoms with Gasteiger partial charge in [0.1, 0.15) is 11.5 Å². The van der Waals surface area contributed by atoms with Crippen molar-refractivity contribution in [3.8, 4) is 11.5 Å². The molecule has 3 aromatic carbocycles. The lowest BCUT2D eigenvalue weighted by atomic mass is 10.2. The van der Waals surface area contributed by atoms with Crippen LogP contribution >= 0.6 is 0 Å². The van der Waals surface area contributed by atoms with Crippen molar-refractivity contribution in [3.63, 3.8) is 0 Å². The van der Waals surface area contributed by atoms with Gasteiger partial charge in [0.2, 0.25) is 5.91 Å². The summed E-state index contributed by atoms with van der Waals surface area (Å²) < 4.78 is 43.8. The van der Waals surface area contributed by atoms with Crippen molar-refractivity contribution >= 4 is 17.3 Å². The molecule has 2 N–H and O–H groups in total. The van der Waals surface area contributed by atoms with E-state index in [1.165, 1.54) is 12.1 Å². The van der Waals surface area contributed by atoms with E-state index < -0.39 is 11.7 Å². The first kappa shape index (κ1) is 19.3. The van der Waals surface area contributed by atoms with Crippen LogP contribution in [0.3, 0.4) is 0 Å². The van der Waals surface area contributed by atoms with Gasteiger partial charge in [-0.2, -0.15) is 13.2 Å². The molecule has 0 radical (unpaired) electrons. The van der Waals surface area contributed by atoms with E-state index in [-0.39, 0.29) is 18.1 Å². The van der Waals surface area contributed by atoms with Gasteiger partial charge in [0.15, 0.2) is 0 Å². The second-order valence-electron chi connectivity index (χ2n) is 5.92. The number of halogens is 3. The zero-order valence-corrected chi connectivity index (χ0v) is 14.7. The van der Waals surface area contributed by atoms with Crippen LogP contribution in [0.2, 0.25) is 0 Å². The molecule has 3 aromatic rings. The average molecular weight is 386 g/mol. The van der Waals surface area contributed by atoms with E-state index >= 15 is 0 Å². The first-order chi connectivity index (χ1) is 13.4. The molecule has 0 bridgehead atoms. The molecule has 0 aliphatic rings. The van der Waals surface area contributed by atoms with Gasteiger partial charge in [0.05, 0.1) is 12.1 Å². The minimum Gasteiger partial charge on any atom is -0.457 e. The van der Waals surface area contributed by atoms with Gasteiger partial charge in [-0.15, -0.1) is 0 Å². The van der Waals surface area contributed by atoms with Gasteiger partial charge < -0.3 is 15.4 Å². The monoisotopic (exact) mass is 386 g/mol. The van der Waals surface area contributed by atoms with Crippen molar-refractivity contribution in [1.82, 2.24) is 0 Å². The molecule has 0 spiro atoms. The van der Waals surface area contributed by atoms with Crippen LogP contribution in [0.25, 0.3) is 0 Å². The van der Waals surface area contributed by atoms with Crippen LogP contribution in [0.15, 0.2) is 78.9 Å². The Morgan fingerprint density at radius 1 is 0.821 bits per heavy atom. The Morgan fingerprint density at radius 2 is 1.50 bits per heavy atom. The molecule has 0 aliphatic heterocycles. The van der Waals surface area contributed by atoms with Crippen LogP contribution in [0.5, 0.6) is 11.5 Å². The van der Waals surface area contributed by atoms with Crippen LogP contribution in [0.4, 0.5) is 24.5 Å². The summed E-state index contributed by atoms with van der Waals surface area (Å²) in [5.74, 6) is 0.935. The van der Waals surface area contributed by atoms with Crippen molar-refractivity contribution in [3.05, 3.63) is 84.4 Å². The number of ether oxygens (including phenoxy) is 1. The summed E-state index contributed by atoms with van der Waals surface area (Å²) in [7, 11) is 0. The number of para-hydroxylation sites is 1. The maximum absolute atomic E-state index is 12.7. The number of hydrogen-bond donors (Lipinski definition) is 2. The molecule has 0 unspecified atom stereocenters. The number of amides is 1. The van der Waals surface area contributed by atoms with Gasteiger partial charge in [0.25, 0.3) is 0 Å². The highest BCUT2D eigenvalue weighted by atomic mass is 19.4. The number of anilines is 2. The summed E-state index contributed by atoms with van der Waals surface area (Å²) >= 11 is 0. The summed E-state index contributed by atoms with van der Waals surface area (Å²) in [4.78, 5) is 12.0. The number of hydrogen-bond acceptors (Lipinski definition) is 3. The van der Waals surface area contributed by atoms with Crippen LogP contribution in [-0.4, -0.2) is 12.5 Å². The average Bonchev–Trinajstić information content (AvgIpc) is 2.68. The summed E-state index contributed by atoms with van der Waals surface area (Å²) in [5, 5.41) is 5.35. The van der Waals surface area contributed by atoms with Gasteiger partial charge in [-0.05, 0) is 54.6 Å². The van der Waals surface area contributed by atoms with E-state index in [9.17, 15) is 18.0 Å². The molecule has 0 aromatic heterocycles. The van der Waals surface area contributed by atoms with Gasteiger partial charge in [-0.3, -0.25) is 4.79 Å². The Kier molecular flexibility index (Phi) is 5.84. The fraction of sp³-hybridized carbons (Fsp3) is 0.0952. The lowest BCUT2D eigenvalue weighted by Gasteiger charge is -2.11. The second kappa shape index (κ2) is 8.47. The molecule has 7 heteroatoms. The fourth-order valence-electron chi connectivity index (χ4n) is 2.42. The zero-order chi connectivity index (χ0) is 20.0. The third kappa shape index (κ3) is 5.51. The minimum absolute atomic E-state index is 0.163. The number of benzene rings is 3. The smallest absolute Gasteiger partial charge is 0.416 e. The molecule has 144 valence electrons. The summed E-state index contributed by atoms with van der Waals surface area (Å²) in [6.07, 6.45) is -4.43. The SMILES string of the molecule is O=C(CNc1cccc(C(F)(F)F)c1)Nc1ccc(Oc2ccccc2)cc1. The van der Waals surface area contributed by atoms with Crippen molar-refractivity contribution in [2.24, 2.45) is 0 Å². The Balaban J connectivity index is 1.52. The highest BCUT2D eigenvalue weighted by Gasteiger charge is 2.30. The molecule has 3 rings (SSSR count). The number of alkyl halides is 3. The molecule has 0 heterocycles. The largest absolute Gasteiger partial charge is 0.457 e. The molecule has 0 fully saturated rings. The lowest BCUT2D eigenvalue weighted by molar-refractivity contribution is -0.137. The van der Waals surface area contributed by atoms with Crippen molar-refractivity contribution in [1.29, 1.82) is 0 Å². The lowest BCUT2D eigenvalue weighted by Crippen LogP contribution is -2.21. The van der Waals surface area contributed by atoms with Crippen LogP contribution in [0, 0.1) is 0 Å². The molecule has 1 amide bonds. The molecule has 0 saturated carbocycles. The number of carbonyl (C=O) groups excluding carboxylic acids is 1. The highest BCUT2D eigenvalue weighted by molar-refractivity contribution is 5.93. The van der Waals surface area contributed by atoms with E-state index in [1.807, 2.05) is 30.3 Å². The Bertz CT molecular complexity index is 926. The molecule has 28 heavy (non-hydrogen) atoms. The number of carbonyl (C=O) groups is 1.